The maximum absolute atomic E-state index is 13.3. The molecule has 0 aliphatic carbocycles. The molecule has 2 aliphatic heterocycles. The van der Waals surface area contributed by atoms with Crippen LogP contribution in [0.4, 0.5) is 14.5 Å². The summed E-state index contributed by atoms with van der Waals surface area (Å²) in [5.74, 6) is -0.178. The van der Waals surface area contributed by atoms with Crippen LogP contribution in [0, 0.1) is 0 Å². The second-order valence-electron chi connectivity index (χ2n) is 7.48. The Morgan fingerprint density at radius 3 is 2.77 bits per heavy atom. The summed E-state index contributed by atoms with van der Waals surface area (Å²) in [4.78, 5) is 32.5. The molecule has 8 nitrogen and oxygen atoms in total. The summed E-state index contributed by atoms with van der Waals surface area (Å²) < 4.78 is 28.1. The minimum absolute atomic E-state index is 0.0988. The van der Waals surface area contributed by atoms with Crippen LogP contribution in [0.1, 0.15) is 40.9 Å². The Labute approximate surface area is 170 Å². The van der Waals surface area contributed by atoms with Crippen molar-refractivity contribution in [1.29, 1.82) is 0 Å². The number of benzene rings is 1. The predicted molar refractivity (Wildman–Crippen MR) is 102 cm³/mol. The van der Waals surface area contributed by atoms with Gasteiger partial charge in [0, 0.05) is 37.9 Å². The van der Waals surface area contributed by atoms with Crippen molar-refractivity contribution in [1.82, 2.24) is 24.2 Å². The molecule has 154 valence electrons. The van der Waals surface area contributed by atoms with E-state index in [0.29, 0.717) is 22.6 Å². The van der Waals surface area contributed by atoms with Crippen LogP contribution in [0.2, 0.25) is 0 Å². The Morgan fingerprint density at radius 2 is 2.07 bits per heavy atom. The third-order valence-corrected chi connectivity index (χ3v) is 5.98. The molecule has 1 fully saturated rings. The van der Waals surface area contributed by atoms with Crippen molar-refractivity contribution < 1.29 is 18.4 Å². The number of aromatic nitrogens is 4. The van der Waals surface area contributed by atoms with Crippen molar-refractivity contribution in [3.63, 3.8) is 0 Å². The first-order valence-electron chi connectivity index (χ1n) is 9.46. The highest BCUT2D eigenvalue weighted by Gasteiger charge is 2.60. The molecule has 0 unspecified atom stereocenters. The average Bonchev–Trinajstić information content (AvgIpc) is 3.49. The SMILES string of the molecule is Cn1ccnc1[C@@H]1N(C(=O)c2ccn(C(F)F)n2)CC[C@]12C(=O)Nc1ccccc12. The van der Waals surface area contributed by atoms with Crippen molar-refractivity contribution in [3.05, 3.63) is 66.0 Å². The van der Waals surface area contributed by atoms with E-state index in [0.717, 1.165) is 11.8 Å². The number of alkyl halides is 2. The molecule has 3 aromatic rings. The molecule has 1 saturated heterocycles. The highest BCUT2D eigenvalue weighted by atomic mass is 19.3. The number of hydrogen-bond donors (Lipinski definition) is 1. The molecule has 4 heterocycles. The largest absolute Gasteiger partial charge is 0.336 e. The second-order valence-corrected chi connectivity index (χ2v) is 7.48. The summed E-state index contributed by atoms with van der Waals surface area (Å²) in [5, 5.41) is 6.65. The van der Waals surface area contributed by atoms with Gasteiger partial charge in [-0.15, -0.1) is 0 Å². The number of likely N-dealkylation sites (tertiary alicyclic amines) is 1. The van der Waals surface area contributed by atoms with E-state index in [4.69, 9.17) is 0 Å². The van der Waals surface area contributed by atoms with E-state index in [9.17, 15) is 18.4 Å². The predicted octanol–water partition coefficient (Wildman–Crippen LogP) is 2.49. The van der Waals surface area contributed by atoms with Gasteiger partial charge in [-0.1, -0.05) is 18.2 Å². The van der Waals surface area contributed by atoms with Crippen LogP contribution in [0.3, 0.4) is 0 Å². The number of amides is 2. The first-order valence-corrected chi connectivity index (χ1v) is 9.46. The summed E-state index contributed by atoms with van der Waals surface area (Å²) in [6, 6.07) is 7.95. The van der Waals surface area contributed by atoms with Gasteiger partial charge < -0.3 is 14.8 Å². The van der Waals surface area contributed by atoms with Gasteiger partial charge in [-0.2, -0.15) is 13.9 Å². The smallest absolute Gasteiger partial charge is 0.333 e. The minimum Gasteiger partial charge on any atom is -0.336 e. The lowest BCUT2D eigenvalue weighted by atomic mass is 9.74. The number of halogens is 2. The third-order valence-electron chi connectivity index (χ3n) is 5.98. The zero-order chi connectivity index (χ0) is 21.0. The molecule has 2 atom stereocenters. The third kappa shape index (κ3) is 2.42. The lowest BCUT2D eigenvalue weighted by Gasteiger charge is -2.33. The van der Waals surface area contributed by atoms with Crippen LogP contribution in [0.15, 0.2) is 48.9 Å². The number of fused-ring (bicyclic) bond motifs is 2. The lowest BCUT2D eigenvalue weighted by Crippen LogP contribution is -2.43. The number of para-hydroxylation sites is 1. The molecule has 0 saturated carbocycles. The van der Waals surface area contributed by atoms with Crippen LogP contribution in [0.25, 0.3) is 0 Å². The van der Waals surface area contributed by atoms with Crippen molar-refractivity contribution in [3.8, 4) is 0 Å². The number of rotatable bonds is 3. The molecular weight excluding hydrogens is 394 g/mol. The Kier molecular flexibility index (Phi) is 3.99. The van der Waals surface area contributed by atoms with E-state index in [-0.39, 0.29) is 18.1 Å². The fourth-order valence-corrected chi connectivity index (χ4v) is 4.61. The highest BCUT2D eigenvalue weighted by molar-refractivity contribution is 6.08. The van der Waals surface area contributed by atoms with Crippen LogP contribution in [0.5, 0.6) is 0 Å². The number of anilines is 1. The van der Waals surface area contributed by atoms with Crippen LogP contribution in [-0.4, -0.2) is 42.6 Å². The van der Waals surface area contributed by atoms with Crippen LogP contribution >= 0.6 is 0 Å². The zero-order valence-corrected chi connectivity index (χ0v) is 16.0. The first kappa shape index (κ1) is 18.5. The molecular formula is C20H18F2N6O2. The van der Waals surface area contributed by atoms with Gasteiger partial charge in [0.2, 0.25) is 5.91 Å². The van der Waals surface area contributed by atoms with Crippen molar-refractivity contribution in [2.45, 2.75) is 24.4 Å². The molecule has 1 spiro atoms. The standard InChI is InChI=1S/C20H18F2N6O2/c1-26-11-8-23-16(26)15-20(12-4-2-3-5-13(12)24-18(20)30)7-10-27(15)17(29)14-6-9-28(25-14)19(21)22/h2-6,8-9,11,15,19H,7,10H2,1H3,(H,24,30)/t15-,20+/m0/s1. The maximum atomic E-state index is 13.3. The molecule has 2 aromatic heterocycles. The first-order chi connectivity index (χ1) is 14.4. The molecule has 2 aliphatic rings. The topological polar surface area (TPSA) is 85.1 Å². The van der Waals surface area contributed by atoms with Gasteiger partial charge >= 0.3 is 6.55 Å². The molecule has 5 rings (SSSR count). The number of aryl methyl sites for hydroxylation is 1. The van der Waals surface area contributed by atoms with Gasteiger partial charge in [0.05, 0.1) is 0 Å². The number of nitrogens with zero attached hydrogens (tertiary/aromatic N) is 5. The number of carbonyl (C=O) groups excluding carboxylic acids is 2. The number of imidazole rings is 1. The Bertz CT molecular complexity index is 1160. The molecule has 0 radical (unpaired) electrons. The molecule has 10 heteroatoms. The Morgan fingerprint density at radius 1 is 1.27 bits per heavy atom. The van der Waals surface area contributed by atoms with Crippen LogP contribution < -0.4 is 5.32 Å². The normalized spacial score (nSPS) is 22.7. The monoisotopic (exact) mass is 412 g/mol. The zero-order valence-electron chi connectivity index (χ0n) is 16.0. The van der Waals surface area contributed by atoms with Gasteiger partial charge in [0.1, 0.15) is 17.3 Å². The summed E-state index contributed by atoms with van der Waals surface area (Å²) in [7, 11) is 1.79. The van der Waals surface area contributed by atoms with Crippen molar-refractivity contribution >= 4 is 17.5 Å². The average molecular weight is 412 g/mol. The second kappa shape index (κ2) is 6.48. The van der Waals surface area contributed by atoms with Crippen LogP contribution in [-0.2, 0) is 17.3 Å². The minimum atomic E-state index is -2.84. The Hall–Kier alpha value is -3.56. The molecule has 1 aromatic carbocycles. The quantitative estimate of drug-likeness (QED) is 0.716. The van der Waals surface area contributed by atoms with E-state index in [1.807, 2.05) is 24.3 Å². The molecule has 1 N–H and O–H groups in total. The van der Waals surface area contributed by atoms with E-state index in [1.165, 1.54) is 11.0 Å². The van der Waals surface area contributed by atoms with Gasteiger partial charge in [-0.25, -0.2) is 9.67 Å². The lowest BCUT2D eigenvalue weighted by molar-refractivity contribution is -0.121. The summed E-state index contributed by atoms with van der Waals surface area (Å²) >= 11 is 0. The number of carbonyl (C=O) groups is 2. The van der Waals surface area contributed by atoms with E-state index < -0.39 is 23.9 Å². The molecule has 0 bridgehead atoms. The fourth-order valence-electron chi connectivity index (χ4n) is 4.61. The maximum Gasteiger partial charge on any atom is 0.333 e. The van der Waals surface area contributed by atoms with Gasteiger partial charge in [0.15, 0.2) is 5.69 Å². The van der Waals surface area contributed by atoms with E-state index in [1.54, 1.807) is 24.0 Å². The Balaban J connectivity index is 1.64. The van der Waals surface area contributed by atoms with Crippen molar-refractivity contribution in [2.24, 2.45) is 7.05 Å². The van der Waals surface area contributed by atoms with Gasteiger partial charge in [-0.05, 0) is 24.1 Å². The van der Waals surface area contributed by atoms with Gasteiger partial charge in [-0.3, -0.25) is 9.59 Å². The van der Waals surface area contributed by atoms with E-state index in [2.05, 4.69) is 15.4 Å². The molecule has 2 amide bonds. The number of hydrogen-bond acceptors (Lipinski definition) is 4. The summed E-state index contributed by atoms with van der Waals surface area (Å²) in [6.07, 6.45) is 4.80. The highest BCUT2D eigenvalue weighted by Crippen LogP contribution is 2.54. The van der Waals surface area contributed by atoms with Gasteiger partial charge in [0.25, 0.3) is 5.91 Å². The molecule has 30 heavy (non-hydrogen) atoms. The van der Waals surface area contributed by atoms with Crippen molar-refractivity contribution in [2.75, 3.05) is 11.9 Å². The summed E-state index contributed by atoms with van der Waals surface area (Å²) in [6.45, 7) is -2.58. The van der Waals surface area contributed by atoms with E-state index >= 15 is 0 Å². The number of nitrogens with one attached hydrogen (secondary N) is 1. The summed E-state index contributed by atoms with van der Waals surface area (Å²) in [5.41, 5.74) is 0.393. The fraction of sp³-hybridized carbons (Fsp3) is 0.300.